The van der Waals surface area contributed by atoms with E-state index in [1.807, 2.05) is 0 Å². The third-order valence-electron chi connectivity index (χ3n) is 5.04. The summed E-state index contributed by atoms with van der Waals surface area (Å²) in [5, 5.41) is 3.28. The van der Waals surface area contributed by atoms with Gasteiger partial charge in [-0.2, -0.15) is 13.1 Å². The zero-order valence-electron chi connectivity index (χ0n) is 16.0. The van der Waals surface area contributed by atoms with E-state index in [0.29, 0.717) is 46.9 Å². The molecule has 1 N–H and O–H groups in total. The summed E-state index contributed by atoms with van der Waals surface area (Å²) < 4.78 is 41.4. The number of nitrogens with zero attached hydrogens (tertiary/aromatic N) is 3. The number of rotatable bonds is 5. The molecular weight excluding hydrogens is 448 g/mol. The maximum atomic E-state index is 13.3. The largest absolute Gasteiger partial charge is 0.495 e. The zero-order valence-corrected chi connectivity index (χ0v) is 18.4. The van der Waals surface area contributed by atoms with Gasteiger partial charge in [-0.3, -0.25) is 4.79 Å². The first-order chi connectivity index (χ1) is 14.4. The first-order valence-electron chi connectivity index (χ1n) is 9.26. The van der Waals surface area contributed by atoms with E-state index in [2.05, 4.69) is 14.1 Å². The van der Waals surface area contributed by atoms with Crippen LogP contribution in [0.4, 0.5) is 5.69 Å². The Morgan fingerprint density at radius 1 is 1.30 bits per heavy atom. The molecule has 0 saturated carbocycles. The molecule has 3 aromatic rings. The second kappa shape index (κ2) is 8.46. The number of carbonyl (C=O) groups excluding carboxylic acids is 1. The number of methoxy groups -OCH3 is 1. The zero-order chi connectivity index (χ0) is 21.3. The van der Waals surface area contributed by atoms with Gasteiger partial charge >= 0.3 is 0 Å². The number of halogens is 1. The van der Waals surface area contributed by atoms with Gasteiger partial charge in [-0.1, -0.05) is 17.7 Å². The molecule has 1 aromatic heterocycles. The van der Waals surface area contributed by atoms with E-state index in [1.54, 1.807) is 30.3 Å². The fourth-order valence-electron chi connectivity index (χ4n) is 3.52. The summed E-state index contributed by atoms with van der Waals surface area (Å²) in [6.45, 7) is 0.436. The molecular formula is C19H19ClN4O4S2. The highest BCUT2D eigenvalue weighted by atomic mass is 35.5. The number of hydrogen-bond donors (Lipinski definition) is 1. The number of ether oxygens (including phenoxy) is 1. The highest BCUT2D eigenvalue weighted by Gasteiger charge is 2.35. The normalized spacial score (nSPS) is 17.7. The Morgan fingerprint density at radius 3 is 2.93 bits per heavy atom. The second-order valence-electron chi connectivity index (χ2n) is 6.92. The van der Waals surface area contributed by atoms with Crippen molar-refractivity contribution in [3.8, 4) is 5.75 Å². The van der Waals surface area contributed by atoms with Crippen LogP contribution in [0.15, 0.2) is 41.3 Å². The topological polar surface area (TPSA) is 101 Å². The summed E-state index contributed by atoms with van der Waals surface area (Å²) in [6.07, 6.45) is 1.17. The quantitative estimate of drug-likeness (QED) is 0.618. The van der Waals surface area contributed by atoms with Crippen LogP contribution in [0.3, 0.4) is 0 Å². The number of fused-ring (bicyclic) bond motifs is 1. The molecule has 0 aliphatic carbocycles. The molecule has 0 bridgehead atoms. The van der Waals surface area contributed by atoms with Crippen molar-refractivity contribution in [1.82, 2.24) is 13.1 Å². The molecule has 0 spiro atoms. The highest BCUT2D eigenvalue weighted by molar-refractivity contribution is 7.89. The maximum absolute atomic E-state index is 13.3. The SMILES string of the molecule is COc1ccc(Cl)cc1NC(=O)[C@@H]1CCCN(S(=O)(=O)c2cccc3nsnc23)C1. The number of nitrogens with one attached hydrogen (secondary N) is 1. The van der Waals surface area contributed by atoms with E-state index in [1.165, 1.54) is 17.5 Å². The van der Waals surface area contributed by atoms with Gasteiger partial charge in [-0.05, 0) is 43.2 Å². The maximum Gasteiger partial charge on any atom is 0.245 e. The summed E-state index contributed by atoms with van der Waals surface area (Å²) in [4.78, 5) is 13.0. The predicted octanol–water partition coefficient (Wildman–Crippen LogP) is 3.39. The molecule has 1 atom stereocenters. The summed E-state index contributed by atoms with van der Waals surface area (Å²) in [6, 6.07) is 9.83. The first kappa shape index (κ1) is 21.0. The molecule has 2 heterocycles. The van der Waals surface area contributed by atoms with Crippen LogP contribution >= 0.6 is 23.3 Å². The number of hydrogen-bond acceptors (Lipinski definition) is 7. The lowest BCUT2D eigenvalue weighted by Gasteiger charge is -2.31. The number of amides is 1. The van der Waals surface area contributed by atoms with E-state index >= 15 is 0 Å². The van der Waals surface area contributed by atoms with Gasteiger partial charge in [-0.15, -0.1) is 0 Å². The summed E-state index contributed by atoms with van der Waals surface area (Å²) in [5.74, 6) is -0.287. The molecule has 2 aromatic carbocycles. The third-order valence-corrected chi connectivity index (χ3v) is 7.72. The third kappa shape index (κ3) is 4.00. The second-order valence-corrected chi connectivity index (χ2v) is 9.80. The van der Waals surface area contributed by atoms with Crippen LogP contribution in [0.2, 0.25) is 5.02 Å². The number of sulfonamides is 1. The monoisotopic (exact) mass is 466 g/mol. The first-order valence-corrected chi connectivity index (χ1v) is 11.8. The van der Waals surface area contributed by atoms with Gasteiger partial charge in [0.1, 0.15) is 21.7 Å². The van der Waals surface area contributed by atoms with Crippen molar-refractivity contribution in [1.29, 1.82) is 0 Å². The number of aromatic nitrogens is 2. The highest BCUT2D eigenvalue weighted by Crippen LogP contribution is 2.31. The average molecular weight is 467 g/mol. The van der Waals surface area contributed by atoms with Gasteiger partial charge in [0.2, 0.25) is 15.9 Å². The molecule has 0 unspecified atom stereocenters. The van der Waals surface area contributed by atoms with Crippen molar-refractivity contribution >= 4 is 56.0 Å². The van der Waals surface area contributed by atoms with Crippen molar-refractivity contribution in [3.05, 3.63) is 41.4 Å². The Balaban J connectivity index is 1.55. The number of piperidine rings is 1. The van der Waals surface area contributed by atoms with Crippen molar-refractivity contribution in [2.24, 2.45) is 5.92 Å². The van der Waals surface area contributed by atoms with E-state index < -0.39 is 15.9 Å². The Bertz CT molecular complexity index is 1200. The Kier molecular flexibility index (Phi) is 5.92. The lowest BCUT2D eigenvalue weighted by atomic mass is 9.98. The standard InChI is InChI=1S/C19H19ClN4O4S2/c1-28-16-8-7-13(20)10-15(16)21-19(25)12-4-3-9-24(11-12)30(26,27)17-6-2-5-14-18(17)23-29-22-14/h2,5-8,10,12H,3-4,9,11H2,1H3,(H,21,25)/t12-/m1/s1. The van der Waals surface area contributed by atoms with Crippen LogP contribution in [0.25, 0.3) is 11.0 Å². The minimum absolute atomic E-state index is 0.0883. The molecule has 1 fully saturated rings. The molecule has 4 rings (SSSR count). The average Bonchev–Trinajstić information content (AvgIpc) is 3.23. The van der Waals surface area contributed by atoms with Crippen LogP contribution < -0.4 is 10.1 Å². The van der Waals surface area contributed by atoms with Gasteiger partial charge in [0.15, 0.2) is 0 Å². The van der Waals surface area contributed by atoms with Crippen molar-refractivity contribution < 1.29 is 17.9 Å². The molecule has 11 heteroatoms. The molecule has 0 radical (unpaired) electrons. The van der Waals surface area contributed by atoms with Crippen molar-refractivity contribution in [2.75, 3.05) is 25.5 Å². The summed E-state index contributed by atoms with van der Waals surface area (Å²) in [7, 11) is -2.30. The summed E-state index contributed by atoms with van der Waals surface area (Å²) >= 11 is 7.00. The lowest BCUT2D eigenvalue weighted by molar-refractivity contribution is -0.120. The molecule has 1 amide bonds. The molecule has 8 nitrogen and oxygen atoms in total. The van der Waals surface area contributed by atoms with Gasteiger partial charge < -0.3 is 10.1 Å². The van der Waals surface area contributed by atoms with E-state index in [-0.39, 0.29) is 17.3 Å². The number of anilines is 1. The number of carbonyl (C=O) groups is 1. The van der Waals surface area contributed by atoms with E-state index in [0.717, 1.165) is 11.7 Å². The fourth-order valence-corrected chi connectivity index (χ4v) is 5.96. The molecule has 1 saturated heterocycles. The van der Waals surface area contributed by atoms with Crippen LogP contribution in [-0.4, -0.2) is 47.6 Å². The Labute approximate surface area is 183 Å². The minimum atomic E-state index is -3.81. The molecule has 30 heavy (non-hydrogen) atoms. The van der Waals surface area contributed by atoms with Crippen molar-refractivity contribution in [2.45, 2.75) is 17.7 Å². The van der Waals surface area contributed by atoms with Gasteiger partial charge in [0.05, 0.1) is 30.4 Å². The summed E-state index contributed by atoms with van der Waals surface area (Å²) in [5.41, 5.74) is 1.35. The van der Waals surface area contributed by atoms with Crippen LogP contribution in [-0.2, 0) is 14.8 Å². The smallest absolute Gasteiger partial charge is 0.245 e. The van der Waals surface area contributed by atoms with Crippen LogP contribution in [0.1, 0.15) is 12.8 Å². The lowest BCUT2D eigenvalue weighted by Crippen LogP contribution is -2.43. The molecule has 1 aliphatic rings. The van der Waals surface area contributed by atoms with E-state index in [9.17, 15) is 13.2 Å². The predicted molar refractivity (Wildman–Crippen MR) is 116 cm³/mol. The van der Waals surface area contributed by atoms with Gasteiger partial charge in [0.25, 0.3) is 0 Å². The fraction of sp³-hybridized carbons (Fsp3) is 0.316. The van der Waals surface area contributed by atoms with Crippen LogP contribution in [0.5, 0.6) is 5.75 Å². The van der Waals surface area contributed by atoms with E-state index in [4.69, 9.17) is 16.3 Å². The molecule has 1 aliphatic heterocycles. The molecule has 158 valence electrons. The number of benzene rings is 2. The van der Waals surface area contributed by atoms with Gasteiger partial charge in [0, 0.05) is 18.1 Å². The Morgan fingerprint density at radius 2 is 2.13 bits per heavy atom. The Hall–Kier alpha value is -2.27. The van der Waals surface area contributed by atoms with Crippen LogP contribution in [0, 0.1) is 5.92 Å². The van der Waals surface area contributed by atoms with Gasteiger partial charge in [-0.25, -0.2) is 8.42 Å². The van der Waals surface area contributed by atoms with Crippen molar-refractivity contribution in [3.63, 3.8) is 0 Å². The minimum Gasteiger partial charge on any atom is -0.495 e.